The fourth-order valence-corrected chi connectivity index (χ4v) is 1.36. The van der Waals surface area contributed by atoms with Crippen LogP contribution in [0.2, 0.25) is 0 Å². The van der Waals surface area contributed by atoms with Gasteiger partial charge in [-0.2, -0.15) is 0 Å². The summed E-state index contributed by atoms with van der Waals surface area (Å²) in [5, 5.41) is 0. The number of fused-ring (bicyclic) bond motifs is 1. The van der Waals surface area contributed by atoms with Crippen LogP contribution in [0.5, 0.6) is 0 Å². The van der Waals surface area contributed by atoms with Crippen LogP contribution in [0.25, 0.3) is 0 Å². The Bertz CT molecular complexity index is 131. The highest BCUT2D eigenvalue weighted by Gasteiger charge is 2.26. The summed E-state index contributed by atoms with van der Waals surface area (Å²) in [7, 11) is 0. The van der Waals surface area contributed by atoms with Gasteiger partial charge in [0.1, 0.15) is 6.79 Å². The van der Waals surface area contributed by atoms with Crippen molar-refractivity contribution in [1.29, 1.82) is 0 Å². The lowest BCUT2D eigenvalue weighted by Gasteiger charge is -2.24. The molecule has 0 saturated carbocycles. The minimum atomic E-state index is 0.360. The molecular formula is C7H10O2. The Morgan fingerprint density at radius 2 is 2.44 bits per heavy atom. The Kier molecular flexibility index (Phi) is 1.28. The third-order valence-electron chi connectivity index (χ3n) is 1.90. The number of hydrogen-bond acceptors (Lipinski definition) is 2. The van der Waals surface area contributed by atoms with E-state index in [0.717, 1.165) is 13.0 Å². The zero-order chi connectivity index (χ0) is 6.10. The van der Waals surface area contributed by atoms with E-state index in [-0.39, 0.29) is 0 Å². The van der Waals surface area contributed by atoms with Gasteiger partial charge in [-0.25, -0.2) is 0 Å². The summed E-state index contributed by atoms with van der Waals surface area (Å²) in [6, 6.07) is 0. The van der Waals surface area contributed by atoms with Crippen LogP contribution < -0.4 is 0 Å². The van der Waals surface area contributed by atoms with Gasteiger partial charge in [0.05, 0.1) is 12.7 Å². The number of ether oxygens (including phenoxy) is 2. The maximum atomic E-state index is 5.29. The van der Waals surface area contributed by atoms with E-state index >= 15 is 0 Å². The Balaban J connectivity index is 2.03. The highest BCUT2D eigenvalue weighted by atomic mass is 16.7. The van der Waals surface area contributed by atoms with Crippen molar-refractivity contribution in [2.24, 2.45) is 5.92 Å². The van der Waals surface area contributed by atoms with Crippen molar-refractivity contribution >= 4 is 0 Å². The molecule has 1 aliphatic carbocycles. The molecule has 0 spiro atoms. The SMILES string of the molecule is C1=C[C@H]2OCOC[C@H]2C1. The van der Waals surface area contributed by atoms with Crippen LogP contribution in [0.3, 0.4) is 0 Å². The summed E-state index contributed by atoms with van der Waals surface area (Å²) in [6.07, 6.45) is 5.79. The molecule has 0 amide bonds. The van der Waals surface area contributed by atoms with E-state index in [4.69, 9.17) is 9.47 Å². The molecule has 0 unspecified atom stereocenters. The minimum Gasteiger partial charge on any atom is -0.355 e. The van der Waals surface area contributed by atoms with Crippen molar-refractivity contribution in [3.05, 3.63) is 12.2 Å². The van der Waals surface area contributed by atoms with E-state index in [1.807, 2.05) is 0 Å². The number of allylic oxidation sites excluding steroid dienone is 1. The van der Waals surface area contributed by atoms with Gasteiger partial charge in [0.15, 0.2) is 0 Å². The molecule has 1 fully saturated rings. The van der Waals surface area contributed by atoms with E-state index in [0.29, 0.717) is 18.8 Å². The molecule has 0 aromatic heterocycles. The standard InChI is InChI=1S/C7H10O2/c1-2-6-4-8-5-9-7(6)3-1/h1,3,6-7H,2,4-5H2/t6-,7-/m1/s1. The van der Waals surface area contributed by atoms with Crippen LogP contribution in [0.1, 0.15) is 6.42 Å². The minimum absolute atomic E-state index is 0.360. The van der Waals surface area contributed by atoms with Gasteiger partial charge >= 0.3 is 0 Å². The van der Waals surface area contributed by atoms with Crippen LogP contribution in [-0.4, -0.2) is 19.5 Å². The molecule has 1 saturated heterocycles. The van der Waals surface area contributed by atoms with Gasteiger partial charge < -0.3 is 9.47 Å². The van der Waals surface area contributed by atoms with Crippen LogP contribution in [0.4, 0.5) is 0 Å². The largest absolute Gasteiger partial charge is 0.355 e. The lowest BCUT2D eigenvalue weighted by Crippen LogP contribution is -2.29. The number of rotatable bonds is 0. The van der Waals surface area contributed by atoms with Crippen molar-refractivity contribution in [3.63, 3.8) is 0 Å². The van der Waals surface area contributed by atoms with E-state index < -0.39 is 0 Å². The van der Waals surface area contributed by atoms with Crippen LogP contribution in [-0.2, 0) is 9.47 Å². The second kappa shape index (κ2) is 2.12. The van der Waals surface area contributed by atoms with E-state index in [1.54, 1.807) is 0 Å². The summed E-state index contributed by atoms with van der Waals surface area (Å²) in [4.78, 5) is 0. The van der Waals surface area contributed by atoms with Gasteiger partial charge in [0, 0.05) is 5.92 Å². The Labute approximate surface area is 54.5 Å². The zero-order valence-electron chi connectivity index (χ0n) is 5.25. The maximum Gasteiger partial charge on any atom is 0.147 e. The Morgan fingerprint density at radius 3 is 3.33 bits per heavy atom. The van der Waals surface area contributed by atoms with Crippen LogP contribution in [0, 0.1) is 5.92 Å². The molecule has 50 valence electrons. The van der Waals surface area contributed by atoms with E-state index in [1.165, 1.54) is 0 Å². The summed E-state index contributed by atoms with van der Waals surface area (Å²) >= 11 is 0. The summed E-state index contributed by atoms with van der Waals surface area (Å²) < 4.78 is 10.4. The molecule has 2 atom stereocenters. The molecule has 2 nitrogen and oxygen atoms in total. The molecule has 2 aliphatic rings. The third kappa shape index (κ3) is 0.884. The fourth-order valence-electron chi connectivity index (χ4n) is 1.36. The monoisotopic (exact) mass is 126 g/mol. The van der Waals surface area contributed by atoms with Gasteiger partial charge in [-0.15, -0.1) is 0 Å². The molecule has 1 aliphatic heterocycles. The first-order valence-corrected chi connectivity index (χ1v) is 3.33. The molecule has 0 N–H and O–H groups in total. The normalized spacial score (nSPS) is 40.9. The fraction of sp³-hybridized carbons (Fsp3) is 0.714. The second-order valence-corrected chi connectivity index (χ2v) is 2.54. The molecule has 0 radical (unpaired) electrons. The molecule has 0 aromatic rings. The van der Waals surface area contributed by atoms with Crippen LogP contribution in [0.15, 0.2) is 12.2 Å². The topological polar surface area (TPSA) is 18.5 Å². The summed E-state index contributed by atoms with van der Waals surface area (Å²) in [5.41, 5.74) is 0. The van der Waals surface area contributed by atoms with Gasteiger partial charge in [-0.3, -0.25) is 0 Å². The summed E-state index contributed by atoms with van der Waals surface area (Å²) in [5.74, 6) is 0.610. The van der Waals surface area contributed by atoms with Gasteiger partial charge in [-0.05, 0) is 6.42 Å². The van der Waals surface area contributed by atoms with Crippen molar-refractivity contribution in [1.82, 2.24) is 0 Å². The predicted molar refractivity (Wildman–Crippen MR) is 32.9 cm³/mol. The summed E-state index contributed by atoms with van der Waals surface area (Å²) in [6.45, 7) is 1.35. The second-order valence-electron chi connectivity index (χ2n) is 2.54. The molecule has 0 bridgehead atoms. The van der Waals surface area contributed by atoms with Crippen LogP contribution >= 0.6 is 0 Å². The predicted octanol–water partition coefficient (Wildman–Crippen LogP) is 0.935. The maximum absolute atomic E-state index is 5.29. The lowest BCUT2D eigenvalue weighted by molar-refractivity contribution is -0.148. The molecular weight excluding hydrogens is 116 g/mol. The highest BCUT2D eigenvalue weighted by molar-refractivity contribution is 5.03. The van der Waals surface area contributed by atoms with E-state index in [2.05, 4.69) is 12.2 Å². The average molecular weight is 126 g/mol. The Hall–Kier alpha value is -0.340. The Morgan fingerprint density at radius 1 is 1.44 bits per heavy atom. The lowest BCUT2D eigenvalue weighted by atomic mass is 10.1. The van der Waals surface area contributed by atoms with Gasteiger partial charge in [0.2, 0.25) is 0 Å². The first kappa shape index (κ1) is 5.45. The number of hydrogen-bond donors (Lipinski definition) is 0. The van der Waals surface area contributed by atoms with Gasteiger partial charge in [0.25, 0.3) is 0 Å². The van der Waals surface area contributed by atoms with E-state index in [9.17, 15) is 0 Å². The molecule has 2 rings (SSSR count). The molecule has 1 heterocycles. The first-order chi connectivity index (χ1) is 4.47. The third-order valence-corrected chi connectivity index (χ3v) is 1.90. The highest BCUT2D eigenvalue weighted by Crippen LogP contribution is 2.24. The van der Waals surface area contributed by atoms with Crippen molar-refractivity contribution < 1.29 is 9.47 Å². The zero-order valence-corrected chi connectivity index (χ0v) is 5.25. The quantitative estimate of drug-likeness (QED) is 0.450. The van der Waals surface area contributed by atoms with Gasteiger partial charge in [-0.1, -0.05) is 12.2 Å². The smallest absolute Gasteiger partial charge is 0.147 e. The first-order valence-electron chi connectivity index (χ1n) is 3.33. The molecule has 2 heteroatoms. The van der Waals surface area contributed by atoms with Crippen molar-refractivity contribution in [3.8, 4) is 0 Å². The van der Waals surface area contributed by atoms with Crippen molar-refractivity contribution in [2.75, 3.05) is 13.4 Å². The molecule has 0 aromatic carbocycles. The van der Waals surface area contributed by atoms with Crippen molar-refractivity contribution in [2.45, 2.75) is 12.5 Å². The molecule has 9 heavy (non-hydrogen) atoms. The average Bonchev–Trinajstić information content (AvgIpc) is 2.33.